The van der Waals surface area contributed by atoms with Gasteiger partial charge in [-0.3, -0.25) is 0 Å². The predicted molar refractivity (Wildman–Crippen MR) is 140 cm³/mol. The molecular formula is C28H33N3O3S. The number of unbranched alkanes of at least 4 members (excludes halogenated alkanes) is 2. The van der Waals surface area contributed by atoms with Gasteiger partial charge in [0.2, 0.25) is 5.88 Å². The van der Waals surface area contributed by atoms with Crippen LogP contribution in [0, 0.1) is 13.8 Å². The molecule has 0 spiro atoms. The Kier molecular flexibility index (Phi) is 7.86. The zero-order valence-corrected chi connectivity index (χ0v) is 21.5. The number of hydrogen-bond acceptors (Lipinski definition) is 5. The number of aryl methyl sites for hydroxylation is 4. The van der Waals surface area contributed by atoms with Gasteiger partial charge in [-0.1, -0.05) is 49.7 Å². The molecule has 0 aliphatic heterocycles. The summed E-state index contributed by atoms with van der Waals surface area (Å²) in [5.41, 5.74) is 3.86. The van der Waals surface area contributed by atoms with Gasteiger partial charge in [-0.05, 0) is 62.9 Å². The summed E-state index contributed by atoms with van der Waals surface area (Å²) in [7, 11) is -3.24. The van der Waals surface area contributed by atoms with Crippen molar-refractivity contribution in [3.8, 4) is 11.6 Å². The third-order valence-corrected chi connectivity index (χ3v) is 8.06. The minimum absolute atomic E-state index is 0.167. The van der Waals surface area contributed by atoms with Gasteiger partial charge >= 0.3 is 0 Å². The predicted octanol–water partition coefficient (Wildman–Crippen LogP) is 6.44. The van der Waals surface area contributed by atoms with E-state index in [4.69, 9.17) is 14.7 Å². The van der Waals surface area contributed by atoms with Crippen LogP contribution in [0.3, 0.4) is 0 Å². The molecule has 0 fully saturated rings. The third-order valence-electron chi connectivity index (χ3n) is 6.24. The largest absolute Gasteiger partial charge is 0.437 e. The van der Waals surface area contributed by atoms with E-state index in [2.05, 4.69) is 18.4 Å². The molecule has 184 valence electrons. The minimum Gasteiger partial charge on any atom is -0.437 e. The highest BCUT2D eigenvalue weighted by Crippen LogP contribution is 2.32. The fourth-order valence-electron chi connectivity index (χ4n) is 4.30. The Morgan fingerprint density at radius 3 is 2.26 bits per heavy atom. The van der Waals surface area contributed by atoms with Gasteiger partial charge in [0.1, 0.15) is 11.6 Å². The second kappa shape index (κ2) is 11.0. The molecule has 0 unspecified atom stereocenters. The molecule has 2 aromatic heterocycles. The number of para-hydroxylation sites is 1. The van der Waals surface area contributed by atoms with Crippen LogP contribution in [-0.2, 0) is 22.8 Å². The maximum absolute atomic E-state index is 12.6. The molecule has 7 heteroatoms. The van der Waals surface area contributed by atoms with Gasteiger partial charge in [-0.2, -0.15) is 0 Å². The van der Waals surface area contributed by atoms with Crippen molar-refractivity contribution in [2.75, 3.05) is 5.75 Å². The molecule has 2 aromatic carbocycles. The highest BCUT2D eigenvalue weighted by molar-refractivity contribution is 7.91. The SMILES string of the molecule is CCCc1nc2c(Oc3ccccc3)nc(C)c(C)c2n1CCCCCS(=O)(=O)c1ccccc1. The molecule has 4 aromatic rings. The van der Waals surface area contributed by atoms with Crippen LogP contribution in [0.1, 0.15) is 49.7 Å². The first-order valence-corrected chi connectivity index (χ1v) is 13.9. The van der Waals surface area contributed by atoms with Gasteiger partial charge in [-0.25, -0.2) is 18.4 Å². The average Bonchev–Trinajstić information content (AvgIpc) is 3.22. The van der Waals surface area contributed by atoms with Crippen LogP contribution in [0.4, 0.5) is 0 Å². The third kappa shape index (κ3) is 5.73. The van der Waals surface area contributed by atoms with Crippen LogP contribution in [0.2, 0.25) is 0 Å². The Morgan fingerprint density at radius 1 is 0.886 bits per heavy atom. The van der Waals surface area contributed by atoms with Gasteiger partial charge < -0.3 is 9.30 Å². The van der Waals surface area contributed by atoms with Crippen LogP contribution in [0.15, 0.2) is 65.6 Å². The fourth-order valence-corrected chi connectivity index (χ4v) is 5.69. The molecule has 0 N–H and O–H groups in total. The average molecular weight is 492 g/mol. The van der Waals surface area contributed by atoms with E-state index in [1.54, 1.807) is 24.3 Å². The first-order chi connectivity index (χ1) is 16.9. The number of imidazole rings is 1. The molecule has 0 bridgehead atoms. The summed E-state index contributed by atoms with van der Waals surface area (Å²) in [6.07, 6.45) is 4.18. The van der Waals surface area contributed by atoms with Crippen molar-refractivity contribution in [1.82, 2.24) is 14.5 Å². The molecule has 0 amide bonds. The lowest BCUT2D eigenvalue weighted by molar-refractivity contribution is 0.466. The van der Waals surface area contributed by atoms with Crippen molar-refractivity contribution in [3.63, 3.8) is 0 Å². The van der Waals surface area contributed by atoms with Gasteiger partial charge in [0.05, 0.1) is 16.2 Å². The Bertz CT molecular complexity index is 1380. The lowest BCUT2D eigenvalue weighted by atomic mass is 10.2. The number of aromatic nitrogens is 3. The topological polar surface area (TPSA) is 74.1 Å². The number of ether oxygens (including phenoxy) is 1. The standard InChI is InChI=1S/C28H33N3O3S/c1-4-14-25-30-26-27(21(2)22(3)29-28(26)34-23-15-8-5-9-16-23)31(25)19-12-7-13-20-35(32,33)24-17-10-6-11-18-24/h5-6,8-11,15-18H,4,7,12-14,19-20H2,1-3H3. The fraction of sp³-hybridized carbons (Fsp3) is 0.357. The molecule has 0 saturated heterocycles. The van der Waals surface area contributed by atoms with E-state index in [0.29, 0.717) is 17.2 Å². The van der Waals surface area contributed by atoms with E-state index in [1.165, 1.54) is 0 Å². The summed E-state index contributed by atoms with van der Waals surface area (Å²) in [6, 6.07) is 18.3. The monoisotopic (exact) mass is 491 g/mol. The highest BCUT2D eigenvalue weighted by Gasteiger charge is 2.20. The summed E-state index contributed by atoms with van der Waals surface area (Å²) in [5, 5.41) is 0. The maximum atomic E-state index is 12.6. The summed E-state index contributed by atoms with van der Waals surface area (Å²) in [5.74, 6) is 2.45. The Hall–Kier alpha value is -3.19. The number of rotatable bonds is 11. The maximum Gasteiger partial charge on any atom is 0.247 e. The quantitative estimate of drug-likeness (QED) is 0.226. The smallest absolute Gasteiger partial charge is 0.247 e. The van der Waals surface area contributed by atoms with E-state index < -0.39 is 9.84 Å². The first-order valence-electron chi connectivity index (χ1n) is 12.3. The van der Waals surface area contributed by atoms with Gasteiger partial charge in [0.25, 0.3) is 0 Å². The zero-order valence-electron chi connectivity index (χ0n) is 20.7. The summed E-state index contributed by atoms with van der Waals surface area (Å²) in [6.45, 7) is 7.01. The molecular weight excluding hydrogens is 458 g/mol. The van der Waals surface area contributed by atoms with Gasteiger partial charge in [-0.15, -0.1) is 0 Å². The lowest BCUT2D eigenvalue weighted by Gasteiger charge is -2.13. The van der Waals surface area contributed by atoms with Crippen LogP contribution in [0.25, 0.3) is 11.0 Å². The zero-order chi connectivity index (χ0) is 24.8. The number of benzene rings is 2. The summed E-state index contributed by atoms with van der Waals surface area (Å²) in [4.78, 5) is 10.1. The van der Waals surface area contributed by atoms with Crippen LogP contribution >= 0.6 is 0 Å². The Morgan fingerprint density at radius 2 is 1.57 bits per heavy atom. The lowest BCUT2D eigenvalue weighted by Crippen LogP contribution is -2.08. The molecule has 0 saturated carbocycles. The molecule has 0 radical (unpaired) electrons. The number of sulfone groups is 1. The second-order valence-electron chi connectivity index (χ2n) is 8.86. The number of fused-ring (bicyclic) bond motifs is 1. The van der Waals surface area contributed by atoms with Crippen LogP contribution < -0.4 is 4.74 Å². The molecule has 0 aliphatic rings. The van der Waals surface area contributed by atoms with E-state index in [9.17, 15) is 8.42 Å². The highest BCUT2D eigenvalue weighted by atomic mass is 32.2. The van der Waals surface area contributed by atoms with Crippen molar-refractivity contribution >= 4 is 20.9 Å². The van der Waals surface area contributed by atoms with Crippen molar-refractivity contribution in [2.45, 2.75) is 64.3 Å². The Balaban J connectivity index is 1.53. The van der Waals surface area contributed by atoms with Crippen molar-refractivity contribution < 1.29 is 13.2 Å². The van der Waals surface area contributed by atoms with Gasteiger partial charge in [0.15, 0.2) is 15.4 Å². The molecule has 2 heterocycles. The minimum atomic E-state index is -3.24. The van der Waals surface area contributed by atoms with E-state index in [-0.39, 0.29) is 5.75 Å². The Labute approximate surface area is 207 Å². The van der Waals surface area contributed by atoms with Crippen LogP contribution in [0.5, 0.6) is 11.6 Å². The van der Waals surface area contributed by atoms with Crippen molar-refractivity contribution in [1.29, 1.82) is 0 Å². The molecule has 6 nitrogen and oxygen atoms in total. The van der Waals surface area contributed by atoms with Crippen molar-refractivity contribution in [2.24, 2.45) is 0 Å². The number of nitrogens with zero attached hydrogens (tertiary/aromatic N) is 3. The first kappa shape index (κ1) is 24.9. The molecule has 0 atom stereocenters. The normalized spacial score (nSPS) is 11.7. The van der Waals surface area contributed by atoms with Gasteiger partial charge in [0, 0.05) is 18.7 Å². The van der Waals surface area contributed by atoms with Crippen LogP contribution in [-0.4, -0.2) is 28.7 Å². The summed E-state index contributed by atoms with van der Waals surface area (Å²) >= 11 is 0. The van der Waals surface area contributed by atoms with E-state index >= 15 is 0 Å². The van der Waals surface area contributed by atoms with E-state index in [1.807, 2.05) is 43.3 Å². The summed E-state index contributed by atoms with van der Waals surface area (Å²) < 4.78 is 33.6. The second-order valence-corrected chi connectivity index (χ2v) is 11.0. The van der Waals surface area contributed by atoms with E-state index in [0.717, 1.165) is 66.1 Å². The molecule has 35 heavy (non-hydrogen) atoms. The number of hydrogen-bond donors (Lipinski definition) is 0. The molecule has 0 aliphatic carbocycles. The van der Waals surface area contributed by atoms with Crippen molar-refractivity contribution in [3.05, 3.63) is 77.7 Å². The molecule has 4 rings (SSSR count). The number of pyridine rings is 1.